The number of anilines is 4. The average molecular weight is 984 g/mol. The number of carboxylic acids is 1. The maximum absolute atomic E-state index is 13.3. The molecule has 3 N–H and O–H groups in total. The number of thiophene rings is 2. The molecule has 7 heterocycles. The Morgan fingerprint density at radius 1 is 0.738 bits per heavy atom. The fraction of sp³-hybridized carbons (Fsp3) is 0.364. The van der Waals surface area contributed by atoms with Gasteiger partial charge in [0.2, 0.25) is 5.91 Å². The zero-order valence-corrected chi connectivity index (χ0v) is 38.2. The number of amides is 1. The molecule has 0 unspecified atom stereocenters. The summed E-state index contributed by atoms with van der Waals surface area (Å²) in [5.74, 6) is 0.845. The van der Waals surface area contributed by atoms with Crippen molar-refractivity contribution in [1.82, 2.24) is 24.8 Å². The molecule has 0 bridgehead atoms. The van der Waals surface area contributed by atoms with Crippen LogP contribution >= 0.6 is 54.5 Å². The van der Waals surface area contributed by atoms with Gasteiger partial charge in [-0.05, 0) is 142 Å². The molecule has 0 radical (unpaired) electrons. The number of aliphatic carboxylic acids is 1. The minimum atomic E-state index is -0.716. The SMILES string of the molecule is C[C@@H]1CN(C(=O)[C@H]2CCc3c(sc4ncnc(Nc5cc6c(cc5Br)CN=C6)c34)C2)C[C@@H](C)O1.O=C(O)[C@H]1CCc2c(sc3ncnc(Nc4cc5c(cc4Br)CN=C5)c23)C1. The zero-order valence-electron chi connectivity index (χ0n) is 33.4. The van der Waals surface area contributed by atoms with Crippen LogP contribution in [0.4, 0.5) is 23.0 Å². The van der Waals surface area contributed by atoms with Crippen molar-refractivity contribution in [2.75, 3.05) is 23.7 Å². The molecular formula is C44H41Br2N9O4S2. The third-order valence-corrected chi connectivity index (χ3v) is 15.7. The molecule has 61 heavy (non-hydrogen) atoms. The molecule has 17 heteroatoms. The number of rotatable bonds is 6. The lowest BCUT2D eigenvalue weighted by Crippen LogP contribution is -2.50. The van der Waals surface area contributed by atoms with E-state index in [4.69, 9.17) is 4.74 Å². The first-order valence-corrected chi connectivity index (χ1v) is 23.6. The van der Waals surface area contributed by atoms with Crippen molar-refractivity contribution in [2.24, 2.45) is 21.8 Å². The fourth-order valence-electron chi connectivity index (χ4n) is 9.16. The molecule has 312 valence electrons. The molecule has 2 aromatic carbocycles. The van der Waals surface area contributed by atoms with Gasteiger partial charge in [-0.3, -0.25) is 19.6 Å². The third-order valence-electron chi connectivity index (χ3n) is 12.1. The quantitative estimate of drug-likeness (QED) is 0.146. The molecule has 1 amide bonds. The molecule has 13 nitrogen and oxygen atoms in total. The number of nitrogens with one attached hydrogen (secondary N) is 2. The predicted octanol–water partition coefficient (Wildman–Crippen LogP) is 9.19. The number of carboxylic acid groups (broad SMARTS) is 1. The van der Waals surface area contributed by atoms with Crippen molar-refractivity contribution in [3.8, 4) is 0 Å². The van der Waals surface area contributed by atoms with Gasteiger partial charge in [0, 0.05) is 50.1 Å². The van der Waals surface area contributed by atoms with Crippen molar-refractivity contribution in [1.29, 1.82) is 0 Å². The largest absolute Gasteiger partial charge is 0.481 e. The molecule has 4 atom stereocenters. The highest BCUT2D eigenvalue weighted by atomic mass is 79.9. The van der Waals surface area contributed by atoms with E-state index < -0.39 is 5.97 Å². The highest BCUT2D eigenvalue weighted by molar-refractivity contribution is 9.11. The van der Waals surface area contributed by atoms with Crippen LogP contribution in [0, 0.1) is 11.8 Å². The molecule has 6 aromatic rings. The Kier molecular flexibility index (Phi) is 11.0. The molecule has 5 aliphatic rings. The zero-order chi connectivity index (χ0) is 41.9. The molecular weight excluding hydrogens is 942 g/mol. The van der Waals surface area contributed by atoms with Crippen molar-refractivity contribution < 1.29 is 19.4 Å². The van der Waals surface area contributed by atoms with Gasteiger partial charge in [-0.25, -0.2) is 19.9 Å². The van der Waals surface area contributed by atoms with E-state index in [1.807, 2.05) is 31.2 Å². The summed E-state index contributed by atoms with van der Waals surface area (Å²) in [7, 11) is 0. The molecule has 1 fully saturated rings. The number of halogens is 2. The van der Waals surface area contributed by atoms with Crippen LogP contribution in [0.3, 0.4) is 0 Å². The topological polar surface area (TPSA) is 167 Å². The van der Waals surface area contributed by atoms with Crippen LogP contribution in [-0.2, 0) is 53.1 Å². The van der Waals surface area contributed by atoms with Crippen LogP contribution in [0.5, 0.6) is 0 Å². The monoisotopic (exact) mass is 981 g/mol. The lowest BCUT2D eigenvalue weighted by molar-refractivity contribution is -0.147. The molecule has 2 aliphatic carbocycles. The van der Waals surface area contributed by atoms with E-state index in [1.54, 1.807) is 35.3 Å². The number of aromatic nitrogens is 4. The summed E-state index contributed by atoms with van der Waals surface area (Å²) in [6.45, 7) is 6.89. The number of benzene rings is 2. The van der Waals surface area contributed by atoms with E-state index >= 15 is 0 Å². The standard InChI is InChI=1S/C25H26BrN5O2S.C19H15BrN4O2S/c1-13-10-31(11-14(2)33-13)25(32)15-3-4-18-21(7-15)34-24-22(18)23(28-12-29-24)30-20-6-17-9-27-8-16(17)5-19(20)26;20-13-3-10-6-21-7-11(10)4-14(13)24-17-16-12-2-1-9(19(25)26)5-15(12)27-18(16)23-8-22-17/h5-6,9,12-15H,3-4,7-8,10-11H2,1-2H3,(H,28,29,30);3-4,7-9H,1-2,5-6H2,(H,25,26)(H,22,23,24)/t13-,14-,15+;9-/m10/s1. The minimum Gasteiger partial charge on any atom is -0.481 e. The van der Waals surface area contributed by atoms with Crippen molar-refractivity contribution in [3.05, 3.63) is 89.0 Å². The number of hydrogen-bond acceptors (Lipinski definition) is 13. The first kappa shape index (κ1) is 40.4. The maximum Gasteiger partial charge on any atom is 0.306 e. The summed E-state index contributed by atoms with van der Waals surface area (Å²) in [4.78, 5) is 57.7. The predicted molar refractivity (Wildman–Crippen MR) is 248 cm³/mol. The van der Waals surface area contributed by atoms with E-state index in [9.17, 15) is 14.7 Å². The van der Waals surface area contributed by atoms with E-state index in [2.05, 4.69) is 96.7 Å². The Hall–Kier alpha value is -4.68. The number of ether oxygens (including phenoxy) is 1. The summed E-state index contributed by atoms with van der Waals surface area (Å²) in [6.07, 6.45) is 11.6. The first-order valence-electron chi connectivity index (χ1n) is 20.4. The maximum atomic E-state index is 13.3. The number of carbonyl (C=O) groups is 2. The number of morpholine rings is 1. The van der Waals surface area contributed by atoms with Crippen LogP contribution in [0.25, 0.3) is 20.4 Å². The number of aryl methyl sites for hydroxylation is 2. The number of aliphatic imine (C=N–C) groups is 2. The highest BCUT2D eigenvalue weighted by Gasteiger charge is 2.35. The molecule has 0 saturated carbocycles. The van der Waals surface area contributed by atoms with Gasteiger partial charge in [0.25, 0.3) is 0 Å². The van der Waals surface area contributed by atoms with E-state index in [0.29, 0.717) is 25.9 Å². The summed E-state index contributed by atoms with van der Waals surface area (Å²) in [5, 5.41) is 18.4. The Morgan fingerprint density at radius 3 is 1.74 bits per heavy atom. The van der Waals surface area contributed by atoms with Crippen molar-refractivity contribution in [2.45, 2.75) is 77.7 Å². The second kappa shape index (κ2) is 16.5. The third kappa shape index (κ3) is 7.88. The molecule has 1 saturated heterocycles. The van der Waals surface area contributed by atoms with Crippen LogP contribution in [0.2, 0.25) is 0 Å². The number of carbonyl (C=O) groups excluding carboxylic acids is 1. The van der Waals surface area contributed by atoms with Gasteiger partial charge in [-0.2, -0.15) is 0 Å². The van der Waals surface area contributed by atoms with Crippen LogP contribution in [0.1, 0.15) is 69.8 Å². The molecule has 11 rings (SSSR count). The number of nitrogens with zero attached hydrogens (tertiary/aromatic N) is 7. The van der Waals surface area contributed by atoms with Gasteiger partial charge in [0.15, 0.2) is 0 Å². The van der Waals surface area contributed by atoms with Gasteiger partial charge in [-0.1, -0.05) is 0 Å². The van der Waals surface area contributed by atoms with Crippen LogP contribution < -0.4 is 10.6 Å². The van der Waals surface area contributed by atoms with E-state index in [1.165, 1.54) is 27.1 Å². The van der Waals surface area contributed by atoms with Crippen molar-refractivity contribution in [3.63, 3.8) is 0 Å². The summed E-state index contributed by atoms with van der Waals surface area (Å²) < 4.78 is 7.78. The van der Waals surface area contributed by atoms with Gasteiger partial charge in [0.1, 0.15) is 34.0 Å². The fourth-order valence-corrected chi connectivity index (χ4v) is 12.7. The number of hydrogen-bond donors (Lipinski definition) is 3. The van der Waals surface area contributed by atoms with E-state index in [0.717, 1.165) is 107 Å². The van der Waals surface area contributed by atoms with Gasteiger partial charge < -0.3 is 25.4 Å². The Labute approximate surface area is 376 Å². The number of fused-ring (bicyclic) bond motifs is 8. The normalized spacial score (nSPS) is 21.1. The Morgan fingerprint density at radius 2 is 1.23 bits per heavy atom. The Balaban J connectivity index is 0.000000150. The van der Waals surface area contributed by atoms with Crippen LogP contribution in [0.15, 0.2) is 55.9 Å². The van der Waals surface area contributed by atoms with Gasteiger partial charge in [-0.15, -0.1) is 22.7 Å². The minimum absolute atomic E-state index is 0.0209. The molecule has 0 spiro atoms. The lowest BCUT2D eigenvalue weighted by Gasteiger charge is -2.37. The highest BCUT2D eigenvalue weighted by Crippen LogP contribution is 2.43. The molecule has 3 aliphatic heterocycles. The van der Waals surface area contributed by atoms with Gasteiger partial charge >= 0.3 is 5.97 Å². The van der Waals surface area contributed by atoms with E-state index in [-0.39, 0.29) is 30.0 Å². The van der Waals surface area contributed by atoms with Crippen molar-refractivity contribution >= 4 is 122 Å². The summed E-state index contributed by atoms with van der Waals surface area (Å²) in [5.41, 5.74) is 9.04. The van der Waals surface area contributed by atoms with Gasteiger partial charge in [0.05, 0.1) is 53.4 Å². The van der Waals surface area contributed by atoms with Crippen LogP contribution in [-0.4, -0.2) is 79.5 Å². The Bertz CT molecular complexity index is 2810. The smallest absolute Gasteiger partial charge is 0.306 e. The first-order chi connectivity index (χ1) is 29.6. The second-order valence-electron chi connectivity index (χ2n) is 16.3. The second-order valence-corrected chi connectivity index (χ2v) is 20.2. The summed E-state index contributed by atoms with van der Waals surface area (Å²) >= 11 is 10.6. The summed E-state index contributed by atoms with van der Waals surface area (Å²) in [6, 6.07) is 8.39. The lowest BCUT2D eigenvalue weighted by atomic mass is 9.86. The molecule has 4 aromatic heterocycles. The average Bonchev–Trinajstić information content (AvgIpc) is 4.05.